The summed E-state index contributed by atoms with van der Waals surface area (Å²) in [6, 6.07) is 0.386. The summed E-state index contributed by atoms with van der Waals surface area (Å²) in [5.74, 6) is 2.39. The topological polar surface area (TPSA) is 64.3 Å². The van der Waals surface area contributed by atoms with Gasteiger partial charge in [-0.1, -0.05) is 13.8 Å². The molecule has 0 spiro atoms. The number of nitrogens with zero attached hydrogens (tertiary/aromatic N) is 3. The highest BCUT2D eigenvalue weighted by molar-refractivity contribution is 5.57. The Hall–Kier alpha value is -1.36. The van der Waals surface area contributed by atoms with E-state index in [0.29, 0.717) is 11.9 Å². The lowest BCUT2D eigenvalue weighted by Crippen LogP contribution is -2.46. The fourth-order valence-electron chi connectivity index (χ4n) is 2.28. The van der Waals surface area contributed by atoms with Crippen molar-refractivity contribution < 1.29 is 4.74 Å². The number of ether oxygens (including phenoxy) is 1. The third kappa shape index (κ3) is 2.41. The van der Waals surface area contributed by atoms with Crippen molar-refractivity contribution >= 4 is 11.6 Å². The molecule has 2 N–H and O–H groups in total. The van der Waals surface area contributed by atoms with Gasteiger partial charge in [0.2, 0.25) is 0 Å². The van der Waals surface area contributed by atoms with Crippen molar-refractivity contribution in [2.24, 2.45) is 0 Å². The lowest BCUT2D eigenvalue weighted by molar-refractivity contribution is 0.0925. The predicted octanol–water partition coefficient (Wildman–Crippen LogP) is 1.54. The van der Waals surface area contributed by atoms with E-state index in [9.17, 15) is 0 Å². The van der Waals surface area contributed by atoms with E-state index in [1.54, 1.807) is 0 Å². The van der Waals surface area contributed by atoms with Crippen LogP contribution in [0.25, 0.3) is 0 Å². The highest BCUT2D eigenvalue weighted by Gasteiger charge is 2.25. The number of nitrogen functional groups attached to an aromatic ring is 1. The number of nitrogens with two attached hydrogens (primary N) is 1. The third-order valence-corrected chi connectivity index (χ3v) is 3.49. The predicted molar refractivity (Wildman–Crippen MR) is 72.8 cm³/mol. The van der Waals surface area contributed by atoms with Gasteiger partial charge in [0.1, 0.15) is 17.5 Å². The van der Waals surface area contributed by atoms with Gasteiger partial charge in [0.05, 0.1) is 19.3 Å². The van der Waals surface area contributed by atoms with Crippen molar-refractivity contribution in [3.8, 4) is 0 Å². The second-order valence-electron chi connectivity index (χ2n) is 4.66. The van der Waals surface area contributed by atoms with Crippen molar-refractivity contribution in [1.82, 2.24) is 9.97 Å². The lowest BCUT2D eigenvalue weighted by atomic mass is 10.1. The van der Waals surface area contributed by atoms with Gasteiger partial charge in [-0.2, -0.15) is 0 Å². The number of aryl methyl sites for hydroxylation is 1. The van der Waals surface area contributed by atoms with E-state index in [1.807, 2.05) is 13.8 Å². The highest BCUT2D eigenvalue weighted by Crippen LogP contribution is 2.26. The van der Waals surface area contributed by atoms with E-state index in [0.717, 1.165) is 49.8 Å². The first kappa shape index (κ1) is 13.1. The molecular formula is C13H22N4O. The van der Waals surface area contributed by atoms with E-state index < -0.39 is 0 Å². The van der Waals surface area contributed by atoms with Crippen LogP contribution in [0.1, 0.15) is 31.7 Å². The average Bonchev–Trinajstić information content (AvgIpc) is 2.41. The van der Waals surface area contributed by atoms with Crippen LogP contribution in [0.15, 0.2) is 0 Å². The summed E-state index contributed by atoms with van der Waals surface area (Å²) < 4.78 is 5.54. The zero-order chi connectivity index (χ0) is 13.1. The molecule has 0 aliphatic carbocycles. The summed E-state index contributed by atoms with van der Waals surface area (Å²) in [6.45, 7) is 8.60. The normalized spacial score (nSPS) is 20.2. The molecule has 0 saturated carbocycles. The number of morpholine rings is 1. The molecule has 0 aromatic carbocycles. The molecule has 0 radical (unpaired) electrons. The second-order valence-corrected chi connectivity index (χ2v) is 4.66. The number of hydrogen-bond acceptors (Lipinski definition) is 5. The van der Waals surface area contributed by atoms with Crippen LogP contribution in [-0.4, -0.2) is 35.8 Å². The zero-order valence-corrected chi connectivity index (χ0v) is 11.4. The minimum Gasteiger partial charge on any atom is -0.383 e. The van der Waals surface area contributed by atoms with E-state index in [4.69, 9.17) is 10.5 Å². The average molecular weight is 250 g/mol. The molecule has 1 saturated heterocycles. The van der Waals surface area contributed by atoms with Crippen molar-refractivity contribution in [1.29, 1.82) is 0 Å². The maximum Gasteiger partial charge on any atom is 0.137 e. The number of anilines is 2. The van der Waals surface area contributed by atoms with Crippen molar-refractivity contribution in [2.45, 2.75) is 39.7 Å². The molecule has 0 bridgehead atoms. The maximum absolute atomic E-state index is 5.98. The van der Waals surface area contributed by atoms with Gasteiger partial charge in [0, 0.05) is 18.5 Å². The summed E-state index contributed by atoms with van der Waals surface area (Å²) >= 11 is 0. The van der Waals surface area contributed by atoms with Crippen LogP contribution in [0.3, 0.4) is 0 Å². The van der Waals surface area contributed by atoms with Gasteiger partial charge in [-0.05, 0) is 13.3 Å². The van der Waals surface area contributed by atoms with E-state index in [1.165, 1.54) is 0 Å². The first-order valence-corrected chi connectivity index (χ1v) is 6.64. The van der Waals surface area contributed by atoms with Crippen molar-refractivity contribution in [3.63, 3.8) is 0 Å². The minimum atomic E-state index is 0.386. The molecule has 18 heavy (non-hydrogen) atoms. The molecule has 2 heterocycles. The molecule has 1 aromatic heterocycles. The summed E-state index contributed by atoms with van der Waals surface area (Å²) in [7, 11) is 0. The first-order valence-electron chi connectivity index (χ1n) is 6.64. The first-order chi connectivity index (χ1) is 8.67. The molecule has 5 nitrogen and oxygen atoms in total. The summed E-state index contributed by atoms with van der Waals surface area (Å²) in [6.07, 6.45) is 1.85. The molecule has 1 aliphatic heterocycles. The Kier molecular flexibility index (Phi) is 4.01. The standard InChI is InChI=1S/C13H22N4O/c1-4-10-8-18-7-6-17(10)13-9(3)12(14)15-11(5-2)16-13/h10H,4-8H2,1-3H3,(H2,14,15,16). The molecule has 100 valence electrons. The monoisotopic (exact) mass is 250 g/mol. The molecule has 1 unspecified atom stereocenters. The molecule has 1 atom stereocenters. The number of rotatable bonds is 3. The summed E-state index contributed by atoms with van der Waals surface area (Å²) in [5.41, 5.74) is 6.96. The van der Waals surface area contributed by atoms with Crippen LogP contribution in [0.4, 0.5) is 11.6 Å². The number of hydrogen-bond donors (Lipinski definition) is 1. The summed E-state index contributed by atoms with van der Waals surface area (Å²) in [5, 5.41) is 0. The van der Waals surface area contributed by atoms with Gasteiger partial charge in [-0.25, -0.2) is 9.97 Å². The van der Waals surface area contributed by atoms with E-state index in [2.05, 4.69) is 21.8 Å². The molecular weight excluding hydrogens is 228 g/mol. The van der Waals surface area contributed by atoms with Crippen LogP contribution in [0, 0.1) is 6.92 Å². The van der Waals surface area contributed by atoms with Gasteiger partial charge in [-0.3, -0.25) is 0 Å². The Morgan fingerprint density at radius 3 is 2.83 bits per heavy atom. The third-order valence-electron chi connectivity index (χ3n) is 3.49. The Labute approximate surface area is 108 Å². The van der Waals surface area contributed by atoms with Crippen molar-refractivity contribution in [2.75, 3.05) is 30.4 Å². The molecule has 1 aliphatic rings. The quantitative estimate of drug-likeness (QED) is 0.881. The smallest absolute Gasteiger partial charge is 0.137 e. The Balaban J connectivity index is 2.38. The van der Waals surface area contributed by atoms with E-state index >= 15 is 0 Å². The van der Waals surface area contributed by atoms with Crippen LogP contribution in [-0.2, 0) is 11.2 Å². The van der Waals surface area contributed by atoms with Gasteiger partial charge >= 0.3 is 0 Å². The Morgan fingerprint density at radius 1 is 1.39 bits per heavy atom. The second kappa shape index (κ2) is 5.52. The molecule has 1 aromatic rings. The van der Waals surface area contributed by atoms with Gasteiger partial charge < -0.3 is 15.4 Å². The van der Waals surface area contributed by atoms with Crippen molar-refractivity contribution in [3.05, 3.63) is 11.4 Å². The van der Waals surface area contributed by atoms with Gasteiger partial charge in [0.25, 0.3) is 0 Å². The van der Waals surface area contributed by atoms with E-state index in [-0.39, 0.29) is 0 Å². The largest absolute Gasteiger partial charge is 0.383 e. The van der Waals surface area contributed by atoms with Crippen LogP contribution < -0.4 is 10.6 Å². The molecule has 2 rings (SSSR count). The molecule has 1 fully saturated rings. The van der Waals surface area contributed by atoms with Gasteiger partial charge in [-0.15, -0.1) is 0 Å². The minimum absolute atomic E-state index is 0.386. The van der Waals surface area contributed by atoms with Crippen LogP contribution in [0.2, 0.25) is 0 Å². The zero-order valence-electron chi connectivity index (χ0n) is 11.4. The SMILES string of the molecule is CCc1nc(N)c(C)c(N2CCOCC2CC)n1. The Morgan fingerprint density at radius 2 is 2.17 bits per heavy atom. The van der Waals surface area contributed by atoms with Crippen LogP contribution >= 0.6 is 0 Å². The fraction of sp³-hybridized carbons (Fsp3) is 0.692. The highest BCUT2D eigenvalue weighted by atomic mass is 16.5. The Bertz CT molecular complexity index is 422. The molecule has 5 heteroatoms. The van der Waals surface area contributed by atoms with Gasteiger partial charge in [0.15, 0.2) is 0 Å². The van der Waals surface area contributed by atoms with Crippen LogP contribution in [0.5, 0.6) is 0 Å². The fourth-order valence-corrected chi connectivity index (χ4v) is 2.28. The summed E-state index contributed by atoms with van der Waals surface area (Å²) in [4.78, 5) is 11.3. The maximum atomic E-state index is 5.98. The lowest BCUT2D eigenvalue weighted by Gasteiger charge is -2.37. The number of aromatic nitrogens is 2. The molecule has 0 amide bonds.